The second-order valence-electron chi connectivity index (χ2n) is 7.92. The number of nitrogens with zero attached hydrogens (tertiary/aromatic N) is 1. The van der Waals surface area contributed by atoms with Gasteiger partial charge in [-0.15, -0.1) is 0 Å². The van der Waals surface area contributed by atoms with E-state index in [4.69, 9.17) is 4.74 Å². The minimum Gasteiger partial charge on any atom is -0.489 e. The highest BCUT2D eigenvalue weighted by Gasteiger charge is 2.40. The Kier molecular flexibility index (Phi) is 5.09. The second kappa shape index (κ2) is 7.45. The van der Waals surface area contributed by atoms with Crippen LogP contribution in [0.5, 0.6) is 5.75 Å². The number of hydrogen-bond acceptors (Lipinski definition) is 3. The molecule has 24 heavy (non-hydrogen) atoms. The summed E-state index contributed by atoms with van der Waals surface area (Å²) in [6.07, 6.45) is 11.1. The highest BCUT2D eigenvalue weighted by molar-refractivity contribution is 5.32. The maximum atomic E-state index is 6.57. The number of para-hydroxylation sites is 1. The van der Waals surface area contributed by atoms with Gasteiger partial charge in [0.1, 0.15) is 11.9 Å². The average molecular weight is 329 g/mol. The van der Waals surface area contributed by atoms with E-state index in [-0.39, 0.29) is 0 Å². The van der Waals surface area contributed by atoms with Crippen LogP contribution in [0.2, 0.25) is 0 Å². The average Bonchev–Trinajstić information content (AvgIpc) is 2.64. The lowest BCUT2D eigenvalue weighted by molar-refractivity contribution is -0.0218. The number of rotatable bonds is 3. The van der Waals surface area contributed by atoms with Crippen molar-refractivity contribution in [2.75, 3.05) is 13.1 Å². The summed E-state index contributed by atoms with van der Waals surface area (Å²) in [6.45, 7) is 4.50. The first-order chi connectivity index (χ1) is 11.8. The lowest BCUT2D eigenvalue weighted by Gasteiger charge is -2.50. The second-order valence-corrected chi connectivity index (χ2v) is 7.92. The standard InChI is InChI=1S/C21H32N2O/c1-16-8-2-6-12-20(16)24-21-13-7-5-11-19(21)23-15-14-22-17-9-3-4-10-18(17)23/h2,6,8,12,17-19,21-22H,3-5,7,9-11,13-15H2,1H3. The van der Waals surface area contributed by atoms with Crippen LogP contribution in [0.1, 0.15) is 56.9 Å². The van der Waals surface area contributed by atoms with E-state index in [1.807, 2.05) is 0 Å². The molecule has 2 saturated carbocycles. The first-order valence-corrected chi connectivity index (χ1v) is 10.0. The van der Waals surface area contributed by atoms with Crippen molar-refractivity contribution >= 4 is 0 Å². The van der Waals surface area contributed by atoms with Crippen LogP contribution in [-0.4, -0.2) is 42.2 Å². The Morgan fingerprint density at radius 2 is 1.71 bits per heavy atom. The molecule has 0 amide bonds. The largest absolute Gasteiger partial charge is 0.489 e. The van der Waals surface area contributed by atoms with E-state index >= 15 is 0 Å². The number of nitrogens with one attached hydrogen (secondary N) is 1. The summed E-state index contributed by atoms with van der Waals surface area (Å²) in [7, 11) is 0. The van der Waals surface area contributed by atoms with Gasteiger partial charge in [0.2, 0.25) is 0 Å². The summed E-state index contributed by atoms with van der Waals surface area (Å²) < 4.78 is 6.57. The summed E-state index contributed by atoms with van der Waals surface area (Å²) in [5.41, 5.74) is 1.26. The van der Waals surface area contributed by atoms with Gasteiger partial charge >= 0.3 is 0 Å². The molecule has 3 fully saturated rings. The fourth-order valence-corrected chi connectivity index (χ4v) is 5.15. The summed E-state index contributed by atoms with van der Waals surface area (Å²) >= 11 is 0. The van der Waals surface area contributed by atoms with E-state index in [0.717, 1.165) is 18.3 Å². The van der Waals surface area contributed by atoms with Gasteiger partial charge in [-0.3, -0.25) is 4.90 Å². The summed E-state index contributed by atoms with van der Waals surface area (Å²) in [5, 5.41) is 3.78. The Hall–Kier alpha value is -1.06. The molecule has 3 aliphatic rings. The van der Waals surface area contributed by atoms with Crippen molar-refractivity contribution in [2.45, 2.75) is 82.5 Å². The molecule has 0 bridgehead atoms. The summed E-state index contributed by atoms with van der Waals surface area (Å²) in [4.78, 5) is 2.84. The first-order valence-electron chi connectivity index (χ1n) is 10.0. The number of piperazine rings is 1. The van der Waals surface area contributed by atoms with E-state index in [1.54, 1.807) is 0 Å². The van der Waals surface area contributed by atoms with Gasteiger partial charge in [-0.1, -0.05) is 37.5 Å². The molecule has 1 aromatic rings. The SMILES string of the molecule is Cc1ccccc1OC1CCCCC1N1CCNC2CCCCC21. The van der Waals surface area contributed by atoms with Crippen molar-refractivity contribution in [1.82, 2.24) is 10.2 Å². The van der Waals surface area contributed by atoms with Crippen LogP contribution in [0.3, 0.4) is 0 Å². The molecule has 4 rings (SSSR count). The van der Waals surface area contributed by atoms with Crippen LogP contribution >= 0.6 is 0 Å². The van der Waals surface area contributed by atoms with Crippen molar-refractivity contribution in [1.29, 1.82) is 0 Å². The Morgan fingerprint density at radius 3 is 2.58 bits per heavy atom. The number of fused-ring (bicyclic) bond motifs is 1. The van der Waals surface area contributed by atoms with Gasteiger partial charge in [-0.2, -0.15) is 0 Å². The van der Waals surface area contributed by atoms with Crippen molar-refractivity contribution < 1.29 is 4.74 Å². The molecule has 4 unspecified atom stereocenters. The van der Waals surface area contributed by atoms with Crippen molar-refractivity contribution in [2.24, 2.45) is 0 Å². The van der Waals surface area contributed by atoms with Crippen LogP contribution in [-0.2, 0) is 0 Å². The molecule has 1 saturated heterocycles. The first kappa shape index (κ1) is 16.4. The Labute approximate surface area is 146 Å². The van der Waals surface area contributed by atoms with Crippen molar-refractivity contribution in [3.05, 3.63) is 29.8 Å². The predicted octanol–water partition coefficient (Wildman–Crippen LogP) is 3.90. The third-order valence-electron chi connectivity index (χ3n) is 6.40. The smallest absolute Gasteiger partial charge is 0.122 e. The molecule has 1 heterocycles. The van der Waals surface area contributed by atoms with Crippen LogP contribution in [0.15, 0.2) is 24.3 Å². The molecule has 0 spiro atoms. The van der Waals surface area contributed by atoms with Crippen molar-refractivity contribution in [3.8, 4) is 5.75 Å². The molecule has 1 N–H and O–H groups in total. The Morgan fingerprint density at radius 1 is 0.958 bits per heavy atom. The van der Waals surface area contributed by atoms with Crippen molar-refractivity contribution in [3.63, 3.8) is 0 Å². The van der Waals surface area contributed by atoms with Crippen LogP contribution in [0.25, 0.3) is 0 Å². The van der Waals surface area contributed by atoms with Gasteiger partial charge in [0.05, 0.1) is 0 Å². The zero-order valence-electron chi connectivity index (χ0n) is 15.0. The molecule has 1 aliphatic heterocycles. The topological polar surface area (TPSA) is 24.5 Å². The highest BCUT2D eigenvalue weighted by Crippen LogP contribution is 2.34. The van der Waals surface area contributed by atoms with E-state index < -0.39 is 0 Å². The summed E-state index contributed by atoms with van der Waals surface area (Å²) in [5.74, 6) is 1.09. The van der Waals surface area contributed by atoms with Gasteiger partial charge < -0.3 is 10.1 Å². The zero-order valence-corrected chi connectivity index (χ0v) is 15.0. The Bertz CT molecular complexity index is 544. The summed E-state index contributed by atoms with van der Waals surface area (Å²) in [6, 6.07) is 10.6. The number of benzene rings is 1. The molecule has 1 aromatic carbocycles. The normalized spacial score (nSPS) is 34.5. The fraction of sp³-hybridized carbons (Fsp3) is 0.714. The van der Waals surface area contributed by atoms with E-state index in [1.165, 1.54) is 63.5 Å². The fourth-order valence-electron chi connectivity index (χ4n) is 5.15. The van der Waals surface area contributed by atoms with E-state index in [0.29, 0.717) is 18.2 Å². The van der Waals surface area contributed by atoms with E-state index in [2.05, 4.69) is 41.4 Å². The van der Waals surface area contributed by atoms with E-state index in [9.17, 15) is 0 Å². The molecular weight excluding hydrogens is 296 g/mol. The maximum Gasteiger partial charge on any atom is 0.122 e. The highest BCUT2D eigenvalue weighted by atomic mass is 16.5. The van der Waals surface area contributed by atoms with Gasteiger partial charge in [-0.25, -0.2) is 0 Å². The molecule has 2 aliphatic carbocycles. The third kappa shape index (κ3) is 3.34. The quantitative estimate of drug-likeness (QED) is 0.911. The number of aryl methyl sites for hydroxylation is 1. The van der Waals surface area contributed by atoms with Crippen LogP contribution in [0.4, 0.5) is 0 Å². The van der Waals surface area contributed by atoms with Crippen LogP contribution in [0, 0.1) is 6.92 Å². The lowest BCUT2D eigenvalue weighted by atomic mass is 9.83. The monoisotopic (exact) mass is 328 g/mol. The zero-order chi connectivity index (χ0) is 16.4. The maximum absolute atomic E-state index is 6.57. The minimum absolute atomic E-state index is 0.362. The van der Waals surface area contributed by atoms with Gasteiger partial charge in [-0.05, 0) is 50.7 Å². The molecule has 4 atom stereocenters. The predicted molar refractivity (Wildman–Crippen MR) is 98.6 cm³/mol. The number of hydrogen-bond donors (Lipinski definition) is 1. The van der Waals surface area contributed by atoms with Gasteiger partial charge in [0.25, 0.3) is 0 Å². The molecular formula is C21H32N2O. The molecule has 3 nitrogen and oxygen atoms in total. The van der Waals surface area contributed by atoms with Crippen LogP contribution < -0.4 is 10.1 Å². The third-order valence-corrected chi connectivity index (χ3v) is 6.40. The molecule has 132 valence electrons. The van der Waals surface area contributed by atoms with Gasteiger partial charge in [0, 0.05) is 31.2 Å². The molecule has 0 radical (unpaired) electrons. The Balaban J connectivity index is 1.52. The molecule has 0 aromatic heterocycles. The number of ether oxygens (including phenoxy) is 1. The molecule has 3 heteroatoms. The minimum atomic E-state index is 0.362. The lowest BCUT2D eigenvalue weighted by Crippen LogP contribution is -2.64. The van der Waals surface area contributed by atoms with Gasteiger partial charge in [0.15, 0.2) is 0 Å².